The van der Waals surface area contributed by atoms with Crippen LogP contribution < -0.4 is 20.5 Å². The number of hydrogen-bond acceptors (Lipinski definition) is 7. The van der Waals surface area contributed by atoms with Gasteiger partial charge >= 0.3 is 5.69 Å². The highest BCUT2D eigenvalue weighted by Crippen LogP contribution is 2.28. The number of carbonyl (C=O) groups is 1. The van der Waals surface area contributed by atoms with E-state index in [0.717, 1.165) is 21.8 Å². The highest BCUT2D eigenvalue weighted by atomic mass is 32.2. The van der Waals surface area contributed by atoms with E-state index in [0.29, 0.717) is 59.6 Å². The number of H-pyrrole nitrogens is 1. The summed E-state index contributed by atoms with van der Waals surface area (Å²) in [5.74, 6) is 0.908. The SMILES string of the molecule is CCOc1ccc(CCNC(=O)CSc2nc3c(-c4ccc(F)cc4)cnn3c(=O)[nH]2)cc1OCC. The van der Waals surface area contributed by atoms with Gasteiger partial charge in [0.15, 0.2) is 22.3 Å². The minimum atomic E-state index is -0.475. The van der Waals surface area contributed by atoms with Gasteiger partial charge in [0.2, 0.25) is 5.91 Å². The van der Waals surface area contributed by atoms with Gasteiger partial charge in [-0.15, -0.1) is 0 Å². The van der Waals surface area contributed by atoms with E-state index in [4.69, 9.17) is 9.47 Å². The van der Waals surface area contributed by atoms with Gasteiger partial charge in [-0.25, -0.2) is 14.2 Å². The molecule has 4 aromatic rings. The molecule has 2 aromatic carbocycles. The fourth-order valence-electron chi connectivity index (χ4n) is 3.55. The molecule has 11 heteroatoms. The van der Waals surface area contributed by atoms with E-state index in [-0.39, 0.29) is 17.5 Å². The summed E-state index contributed by atoms with van der Waals surface area (Å²) < 4.78 is 25.6. The molecule has 0 bridgehead atoms. The van der Waals surface area contributed by atoms with Crippen LogP contribution >= 0.6 is 11.8 Å². The van der Waals surface area contributed by atoms with E-state index in [1.807, 2.05) is 32.0 Å². The number of rotatable bonds is 11. The van der Waals surface area contributed by atoms with E-state index < -0.39 is 5.69 Å². The molecule has 0 aliphatic carbocycles. The highest BCUT2D eigenvalue weighted by Gasteiger charge is 2.14. The quantitative estimate of drug-likeness (QED) is 0.297. The standard InChI is InChI=1S/C25H26FN5O4S/c1-3-34-20-10-5-16(13-21(20)35-4-2)11-12-27-22(32)15-36-24-29-23-19(14-28-31(23)25(33)30-24)17-6-8-18(26)9-7-17/h5-10,13-14H,3-4,11-12,15H2,1-2H3,(H,27,32)(H,29,30,33). The first-order chi connectivity index (χ1) is 17.5. The Morgan fingerprint density at radius 2 is 1.86 bits per heavy atom. The Kier molecular flexibility index (Phi) is 8.21. The van der Waals surface area contributed by atoms with Crippen LogP contribution in [-0.2, 0) is 11.2 Å². The summed E-state index contributed by atoms with van der Waals surface area (Å²) >= 11 is 1.11. The zero-order chi connectivity index (χ0) is 25.5. The number of ether oxygens (including phenoxy) is 2. The van der Waals surface area contributed by atoms with Crippen molar-refractivity contribution < 1.29 is 18.7 Å². The van der Waals surface area contributed by atoms with Crippen LogP contribution in [0, 0.1) is 5.82 Å². The number of hydrogen-bond donors (Lipinski definition) is 2. The minimum absolute atomic E-state index is 0.0760. The Morgan fingerprint density at radius 3 is 2.61 bits per heavy atom. The second-order valence-electron chi connectivity index (χ2n) is 7.68. The lowest BCUT2D eigenvalue weighted by atomic mass is 10.1. The Hall–Kier alpha value is -3.86. The van der Waals surface area contributed by atoms with Gasteiger partial charge in [0.05, 0.1) is 25.2 Å². The van der Waals surface area contributed by atoms with E-state index in [1.54, 1.807) is 12.1 Å². The summed E-state index contributed by atoms with van der Waals surface area (Å²) in [6.45, 7) is 5.36. The third-order valence-electron chi connectivity index (χ3n) is 5.20. The topological polar surface area (TPSA) is 111 Å². The molecule has 4 rings (SSSR count). The summed E-state index contributed by atoms with van der Waals surface area (Å²) in [6, 6.07) is 11.6. The number of nitrogens with zero attached hydrogens (tertiary/aromatic N) is 3. The fourth-order valence-corrected chi connectivity index (χ4v) is 4.23. The first-order valence-electron chi connectivity index (χ1n) is 11.5. The third-order valence-corrected chi connectivity index (χ3v) is 6.07. The predicted octanol–water partition coefficient (Wildman–Crippen LogP) is 3.47. The Labute approximate surface area is 211 Å². The number of carbonyl (C=O) groups excluding carboxylic acids is 1. The lowest BCUT2D eigenvalue weighted by molar-refractivity contribution is -0.118. The molecule has 0 saturated carbocycles. The van der Waals surface area contributed by atoms with Gasteiger partial charge < -0.3 is 14.8 Å². The summed E-state index contributed by atoms with van der Waals surface area (Å²) in [5, 5.41) is 7.24. The van der Waals surface area contributed by atoms with Crippen LogP contribution in [0.5, 0.6) is 11.5 Å². The zero-order valence-electron chi connectivity index (χ0n) is 19.9. The minimum Gasteiger partial charge on any atom is -0.490 e. The van der Waals surface area contributed by atoms with Crippen molar-refractivity contribution in [2.24, 2.45) is 0 Å². The van der Waals surface area contributed by atoms with Gasteiger partial charge in [0, 0.05) is 12.1 Å². The third kappa shape index (κ3) is 6.03. The largest absolute Gasteiger partial charge is 0.490 e. The van der Waals surface area contributed by atoms with Crippen molar-refractivity contribution in [2.75, 3.05) is 25.5 Å². The van der Waals surface area contributed by atoms with Gasteiger partial charge in [-0.1, -0.05) is 30.0 Å². The van der Waals surface area contributed by atoms with Crippen molar-refractivity contribution in [1.82, 2.24) is 24.9 Å². The van der Waals surface area contributed by atoms with Crippen molar-refractivity contribution in [1.29, 1.82) is 0 Å². The molecule has 188 valence electrons. The number of halogens is 1. The normalized spacial score (nSPS) is 11.0. The molecule has 0 radical (unpaired) electrons. The smallest absolute Gasteiger partial charge is 0.350 e. The Bertz CT molecular complexity index is 1400. The van der Waals surface area contributed by atoms with Gasteiger partial charge in [-0.3, -0.25) is 9.78 Å². The fraction of sp³-hybridized carbons (Fsp3) is 0.280. The van der Waals surface area contributed by atoms with Crippen LogP contribution in [0.4, 0.5) is 4.39 Å². The van der Waals surface area contributed by atoms with Gasteiger partial charge in [0.1, 0.15) is 5.82 Å². The number of benzene rings is 2. The molecule has 0 aliphatic heterocycles. The van der Waals surface area contributed by atoms with Crippen molar-refractivity contribution in [3.05, 3.63) is 70.5 Å². The Morgan fingerprint density at radius 1 is 1.11 bits per heavy atom. The summed E-state index contributed by atoms with van der Waals surface area (Å²) in [6.07, 6.45) is 2.13. The molecule has 2 aromatic heterocycles. The molecule has 2 heterocycles. The van der Waals surface area contributed by atoms with Crippen LogP contribution in [-0.4, -0.2) is 51.0 Å². The predicted molar refractivity (Wildman–Crippen MR) is 135 cm³/mol. The van der Waals surface area contributed by atoms with Crippen LogP contribution in [0.25, 0.3) is 16.8 Å². The van der Waals surface area contributed by atoms with E-state index >= 15 is 0 Å². The number of fused-ring (bicyclic) bond motifs is 1. The second-order valence-corrected chi connectivity index (χ2v) is 8.65. The lowest BCUT2D eigenvalue weighted by Gasteiger charge is -2.12. The molecule has 0 unspecified atom stereocenters. The van der Waals surface area contributed by atoms with E-state index in [1.165, 1.54) is 18.3 Å². The maximum atomic E-state index is 13.3. The molecule has 36 heavy (non-hydrogen) atoms. The van der Waals surface area contributed by atoms with Crippen LogP contribution in [0.15, 0.2) is 58.6 Å². The molecule has 9 nitrogen and oxygen atoms in total. The number of thioether (sulfide) groups is 1. The van der Waals surface area contributed by atoms with Crippen LogP contribution in [0.1, 0.15) is 19.4 Å². The summed E-state index contributed by atoms with van der Waals surface area (Å²) in [5.41, 5.74) is 2.14. The monoisotopic (exact) mass is 511 g/mol. The molecule has 0 spiro atoms. The first kappa shape index (κ1) is 25.2. The molecule has 0 aliphatic rings. The number of aromatic nitrogens is 4. The number of aromatic amines is 1. The number of nitrogens with one attached hydrogen (secondary N) is 2. The van der Waals surface area contributed by atoms with Crippen molar-refractivity contribution >= 4 is 23.3 Å². The average molecular weight is 512 g/mol. The molecule has 1 amide bonds. The number of amides is 1. The van der Waals surface area contributed by atoms with Gasteiger partial charge in [0.25, 0.3) is 0 Å². The lowest BCUT2D eigenvalue weighted by Crippen LogP contribution is -2.27. The van der Waals surface area contributed by atoms with Crippen LogP contribution in [0.2, 0.25) is 0 Å². The maximum Gasteiger partial charge on any atom is 0.350 e. The molecule has 2 N–H and O–H groups in total. The maximum absolute atomic E-state index is 13.3. The van der Waals surface area contributed by atoms with E-state index in [2.05, 4.69) is 20.4 Å². The summed E-state index contributed by atoms with van der Waals surface area (Å²) in [7, 11) is 0. The van der Waals surface area contributed by atoms with Crippen LogP contribution in [0.3, 0.4) is 0 Å². The molecular weight excluding hydrogens is 485 g/mol. The second kappa shape index (κ2) is 11.7. The molecule has 0 fully saturated rings. The zero-order valence-corrected chi connectivity index (χ0v) is 20.7. The van der Waals surface area contributed by atoms with Crippen molar-refractivity contribution in [3.8, 4) is 22.6 Å². The molecular formula is C25H26FN5O4S. The van der Waals surface area contributed by atoms with E-state index in [9.17, 15) is 14.0 Å². The van der Waals surface area contributed by atoms with Crippen molar-refractivity contribution in [3.63, 3.8) is 0 Å². The average Bonchev–Trinajstić information content (AvgIpc) is 3.30. The molecule has 0 saturated heterocycles. The molecule has 0 atom stereocenters. The Balaban J connectivity index is 1.35. The highest BCUT2D eigenvalue weighted by molar-refractivity contribution is 7.99. The van der Waals surface area contributed by atoms with Gasteiger partial charge in [-0.05, 0) is 55.7 Å². The van der Waals surface area contributed by atoms with Crippen molar-refractivity contribution in [2.45, 2.75) is 25.4 Å². The first-order valence-corrected chi connectivity index (χ1v) is 12.5. The summed E-state index contributed by atoms with van der Waals surface area (Å²) in [4.78, 5) is 31.9. The van der Waals surface area contributed by atoms with Gasteiger partial charge in [-0.2, -0.15) is 9.61 Å².